The minimum Gasteiger partial charge on any atom is -0.382 e. The molecule has 0 saturated heterocycles. The molecule has 0 aliphatic carbocycles. The van der Waals surface area contributed by atoms with Gasteiger partial charge in [0.2, 0.25) is 0 Å². The number of hydrogen-bond acceptors (Lipinski definition) is 5. The van der Waals surface area contributed by atoms with Gasteiger partial charge < -0.3 is 23.7 Å². The summed E-state index contributed by atoms with van der Waals surface area (Å²) in [6.45, 7) is 5.81. The van der Waals surface area contributed by atoms with Crippen LogP contribution in [0.3, 0.4) is 0 Å². The summed E-state index contributed by atoms with van der Waals surface area (Å²) in [6, 6.07) is 0. The average molecular weight is 427 g/mol. The van der Waals surface area contributed by atoms with Crippen molar-refractivity contribution >= 4 is 15.9 Å². The van der Waals surface area contributed by atoms with Gasteiger partial charge in [0.1, 0.15) is 0 Å². The largest absolute Gasteiger partial charge is 0.382 e. The van der Waals surface area contributed by atoms with Crippen LogP contribution in [-0.4, -0.2) is 71.9 Å². The van der Waals surface area contributed by atoms with E-state index >= 15 is 0 Å². The van der Waals surface area contributed by atoms with Gasteiger partial charge in [-0.3, -0.25) is 0 Å². The number of hydrogen-bond donors (Lipinski definition) is 0. The summed E-state index contributed by atoms with van der Waals surface area (Å²) < 4.78 is 26.6. The second-order valence-corrected chi connectivity index (χ2v) is 6.75. The van der Waals surface area contributed by atoms with Crippen LogP contribution in [0.25, 0.3) is 0 Å². The molecule has 25 heavy (non-hydrogen) atoms. The van der Waals surface area contributed by atoms with Gasteiger partial charge in [-0.25, -0.2) is 0 Å². The number of ether oxygens (including phenoxy) is 5. The minimum absolute atomic E-state index is 0.597. The van der Waals surface area contributed by atoms with E-state index in [-0.39, 0.29) is 0 Å². The summed E-state index contributed by atoms with van der Waals surface area (Å²) >= 11 is 3.47. The van der Waals surface area contributed by atoms with E-state index < -0.39 is 0 Å². The molecule has 0 aliphatic rings. The summed E-state index contributed by atoms with van der Waals surface area (Å²) in [5.74, 6) is 0. The zero-order valence-electron chi connectivity index (χ0n) is 16.1. The van der Waals surface area contributed by atoms with Gasteiger partial charge in [0.15, 0.2) is 0 Å². The summed E-state index contributed by atoms with van der Waals surface area (Å²) in [6.07, 6.45) is 10.6. The normalized spacial score (nSPS) is 11.3. The summed E-state index contributed by atoms with van der Waals surface area (Å²) in [5, 5.41) is 1.14. The third-order valence-electron chi connectivity index (χ3n) is 3.72. The second-order valence-electron chi connectivity index (χ2n) is 5.96. The number of alkyl halides is 1. The summed E-state index contributed by atoms with van der Waals surface area (Å²) in [4.78, 5) is 0. The Balaban J connectivity index is 2.94. The van der Waals surface area contributed by atoms with Gasteiger partial charge in [-0.1, -0.05) is 54.5 Å². The molecule has 0 unspecified atom stereocenters. The minimum atomic E-state index is 0.597. The maximum absolute atomic E-state index is 5.57. The standard InChI is InChI=1S/C19H39BrO5/c1-21-12-13-23-16-17-25-19-18-24-15-14-22-11-9-7-5-3-2-4-6-8-10-20/h2-19H2,1H3. The first-order valence-electron chi connectivity index (χ1n) is 9.77. The molecule has 6 heteroatoms. The SMILES string of the molecule is COCCOCCOCCOCCOCCCCCCCCCCBr. The molecule has 0 aromatic carbocycles. The molecule has 0 heterocycles. The van der Waals surface area contributed by atoms with Crippen LogP contribution in [0.15, 0.2) is 0 Å². The van der Waals surface area contributed by atoms with Crippen molar-refractivity contribution in [1.82, 2.24) is 0 Å². The lowest BCUT2D eigenvalue weighted by Gasteiger charge is -2.07. The highest BCUT2D eigenvalue weighted by Gasteiger charge is 1.94. The molecule has 0 aromatic heterocycles. The maximum atomic E-state index is 5.57. The van der Waals surface area contributed by atoms with Crippen molar-refractivity contribution in [3.8, 4) is 0 Å². The fraction of sp³-hybridized carbons (Fsp3) is 1.00. The van der Waals surface area contributed by atoms with E-state index in [1.165, 1.54) is 44.9 Å². The highest BCUT2D eigenvalue weighted by molar-refractivity contribution is 9.09. The van der Waals surface area contributed by atoms with Gasteiger partial charge >= 0.3 is 0 Å². The number of halogens is 1. The van der Waals surface area contributed by atoms with Crippen molar-refractivity contribution < 1.29 is 23.7 Å². The molecule has 152 valence electrons. The molecule has 0 radical (unpaired) electrons. The highest BCUT2D eigenvalue weighted by Crippen LogP contribution is 2.09. The van der Waals surface area contributed by atoms with Crippen molar-refractivity contribution in [2.24, 2.45) is 0 Å². The van der Waals surface area contributed by atoms with Gasteiger partial charge in [-0.05, 0) is 12.8 Å². The average Bonchev–Trinajstić information content (AvgIpc) is 2.63. The van der Waals surface area contributed by atoms with Gasteiger partial charge in [0.05, 0.1) is 52.9 Å². The summed E-state index contributed by atoms with van der Waals surface area (Å²) in [7, 11) is 1.66. The predicted octanol–water partition coefficient (Wildman–Crippen LogP) is 4.21. The number of rotatable bonds is 22. The van der Waals surface area contributed by atoms with Crippen LogP contribution in [0.4, 0.5) is 0 Å². The smallest absolute Gasteiger partial charge is 0.0701 e. The van der Waals surface area contributed by atoms with Gasteiger partial charge in [0.25, 0.3) is 0 Å². The summed E-state index contributed by atoms with van der Waals surface area (Å²) in [5.41, 5.74) is 0. The van der Waals surface area contributed by atoms with Crippen LogP contribution in [-0.2, 0) is 23.7 Å². The van der Waals surface area contributed by atoms with Gasteiger partial charge in [-0.15, -0.1) is 0 Å². The van der Waals surface area contributed by atoms with Crippen molar-refractivity contribution in [3.63, 3.8) is 0 Å². The third-order valence-corrected chi connectivity index (χ3v) is 4.28. The Bertz CT molecular complexity index is 210. The molecule has 0 aliphatic heterocycles. The highest BCUT2D eigenvalue weighted by atomic mass is 79.9. The van der Waals surface area contributed by atoms with E-state index in [4.69, 9.17) is 23.7 Å². The molecular formula is C19H39BrO5. The molecule has 5 nitrogen and oxygen atoms in total. The Labute approximate surface area is 163 Å². The van der Waals surface area contributed by atoms with E-state index in [0.717, 1.165) is 18.4 Å². The van der Waals surface area contributed by atoms with Gasteiger partial charge in [0, 0.05) is 19.0 Å². The van der Waals surface area contributed by atoms with Crippen LogP contribution in [0, 0.1) is 0 Å². The molecule has 0 saturated carbocycles. The first kappa shape index (κ1) is 25.3. The number of unbranched alkanes of at least 4 members (excludes halogenated alkanes) is 7. The molecular weight excluding hydrogens is 388 g/mol. The zero-order chi connectivity index (χ0) is 18.3. The molecule has 0 atom stereocenters. The molecule has 0 rings (SSSR count). The van der Waals surface area contributed by atoms with Crippen LogP contribution in [0.2, 0.25) is 0 Å². The van der Waals surface area contributed by atoms with E-state index in [2.05, 4.69) is 15.9 Å². The predicted molar refractivity (Wildman–Crippen MR) is 106 cm³/mol. The monoisotopic (exact) mass is 426 g/mol. The molecule has 0 spiro atoms. The Hall–Kier alpha value is 0.280. The Kier molecular flexibility index (Phi) is 24.6. The quantitative estimate of drug-likeness (QED) is 0.191. The van der Waals surface area contributed by atoms with Crippen molar-refractivity contribution in [2.45, 2.75) is 51.4 Å². The van der Waals surface area contributed by atoms with Crippen LogP contribution < -0.4 is 0 Å². The zero-order valence-corrected chi connectivity index (χ0v) is 17.7. The molecule has 0 bridgehead atoms. The van der Waals surface area contributed by atoms with E-state index in [1.54, 1.807) is 7.11 Å². The van der Waals surface area contributed by atoms with Crippen molar-refractivity contribution in [2.75, 3.05) is 71.9 Å². The van der Waals surface area contributed by atoms with Crippen LogP contribution in [0.5, 0.6) is 0 Å². The number of methoxy groups -OCH3 is 1. The van der Waals surface area contributed by atoms with E-state index in [9.17, 15) is 0 Å². The topological polar surface area (TPSA) is 46.2 Å². The van der Waals surface area contributed by atoms with E-state index in [0.29, 0.717) is 52.9 Å². The third kappa shape index (κ3) is 24.3. The Morgan fingerprint density at radius 2 is 0.800 bits per heavy atom. The molecule has 0 fully saturated rings. The first-order chi connectivity index (χ1) is 12.4. The fourth-order valence-corrected chi connectivity index (χ4v) is 2.66. The fourth-order valence-electron chi connectivity index (χ4n) is 2.26. The Morgan fingerprint density at radius 3 is 1.24 bits per heavy atom. The van der Waals surface area contributed by atoms with Gasteiger partial charge in [-0.2, -0.15) is 0 Å². The van der Waals surface area contributed by atoms with Crippen LogP contribution >= 0.6 is 15.9 Å². The Morgan fingerprint density at radius 1 is 0.440 bits per heavy atom. The lowest BCUT2D eigenvalue weighted by molar-refractivity contribution is -0.00800. The molecule has 0 amide bonds. The second kappa shape index (κ2) is 24.3. The van der Waals surface area contributed by atoms with E-state index in [1.807, 2.05) is 0 Å². The lowest BCUT2D eigenvalue weighted by Crippen LogP contribution is -2.13. The van der Waals surface area contributed by atoms with Crippen LogP contribution in [0.1, 0.15) is 51.4 Å². The maximum Gasteiger partial charge on any atom is 0.0701 e. The lowest BCUT2D eigenvalue weighted by atomic mass is 10.1. The molecule has 0 N–H and O–H groups in total. The van der Waals surface area contributed by atoms with Crippen molar-refractivity contribution in [3.05, 3.63) is 0 Å². The molecule has 0 aromatic rings. The van der Waals surface area contributed by atoms with Crippen molar-refractivity contribution in [1.29, 1.82) is 0 Å². The first-order valence-corrected chi connectivity index (χ1v) is 10.9.